The van der Waals surface area contributed by atoms with E-state index in [1.165, 1.54) is 0 Å². The molecule has 64 valence electrons. The molecule has 0 saturated carbocycles. The van der Waals surface area contributed by atoms with Gasteiger partial charge in [-0.3, -0.25) is 4.79 Å². The second-order valence-corrected chi connectivity index (χ2v) is 2.94. The number of rotatable bonds is 4. The summed E-state index contributed by atoms with van der Waals surface area (Å²) in [5.74, 6) is -0.0853. The summed E-state index contributed by atoms with van der Waals surface area (Å²) in [5, 5.41) is 0. The number of nitrogens with two attached hydrogens (primary N) is 1. The quantitative estimate of drug-likeness (QED) is 0.647. The molecule has 0 aliphatic carbocycles. The zero-order chi connectivity index (χ0) is 9.02. The van der Waals surface area contributed by atoms with E-state index < -0.39 is 0 Å². The van der Waals surface area contributed by atoms with Gasteiger partial charge >= 0.3 is 0 Å². The average molecular weight is 156 g/mol. The second-order valence-electron chi connectivity index (χ2n) is 2.94. The van der Waals surface area contributed by atoms with Crippen LogP contribution >= 0.6 is 0 Å². The van der Waals surface area contributed by atoms with Crippen LogP contribution in [0.15, 0.2) is 12.8 Å². The van der Waals surface area contributed by atoms with Crippen LogP contribution in [0.4, 0.5) is 0 Å². The van der Waals surface area contributed by atoms with Crippen LogP contribution in [0.2, 0.25) is 0 Å². The summed E-state index contributed by atoms with van der Waals surface area (Å²) in [6, 6.07) is -0.243. The van der Waals surface area contributed by atoms with Crippen LogP contribution in [-0.4, -0.2) is 23.9 Å². The van der Waals surface area contributed by atoms with E-state index in [1.54, 1.807) is 18.1 Å². The van der Waals surface area contributed by atoms with Crippen molar-refractivity contribution in [3.05, 3.63) is 12.8 Å². The molecular weight excluding hydrogens is 140 g/mol. The van der Waals surface area contributed by atoms with Gasteiger partial charge in [0.1, 0.15) is 6.04 Å². The molecule has 1 unspecified atom stereocenters. The maximum Gasteiger partial charge on any atom is 0.240 e. The first-order valence-electron chi connectivity index (χ1n) is 3.64. The van der Waals surface area contributed by atoms with Crippen LogP contribution in [-0.2, 0) is 4.79 Å². The molecule has 0 rings (SSSR count). The number of hydrogen-bond acceptors (Lipinski definition) is 2. The van der Waals surface area contributed by atoms with Crippen molar-refractivity contribution in [2.24, 2.45) is 11.7 Å². The summed E-state index contributed by atoms with van der Waals surface area (Å²) in [4.78, 5) is 12.6. The Morgan fingerprint density at radius 3 is 2.18 bits per heavy atom. The Morgan fingerprint density at radius 2 is 2.09 bits per heavy atom. The number of amides is 1. The van der Waals surface area contributed by atoms with E-state index in [2.05, 4.69) is 6.58 Å². The van der Waals surface area contributed by atoms with Gasteiger partial charge in [-0.05, 0) is 12.1 Å². The standard InChI is InChI=1S/C8H16N2O/c1-5-10(4)7(6(2)3)8(9)11/h5-7H,1H2,2-4H3,(H2,9,11). The highest BCUT2D eigenvalue weighted by Gasteiger charge is 2.21. The minimum atomic E-state index is -0.303. The van der Waals surface area contributed by atoms with Gasteiger partial charge in [0, 0.05) is 7.05 Å². The van der Waals surface area contributed by atoms with E-state index in [4.69, 9.17) is 5.73 Å². The molecule has 2 N–H and O–H groups in total. The van der Waals surface area contributed by atoms with Crippen LogP contribution < -0.4 is 5.73 Å². The third-order valence-corrected chi connectivity index (χ3v) is 1.65. The molecule has 0 radical (unpaired) electrons. The summed E-state index contributed by atoms with van der Waals surface area (Å²) in [7, 11) is 1.79. The Balaban J connectivity index is 4.33. The Labute approximate surface area is 67.9 Å². The maximum absolute atomic E-state index is 10.9. The maximum atomic E-state index is 10.9. The van der Waals surface area contributed by atoms with E-state index in [9.17, 15) is 4.79 Å². The van der Waals surface area contributed by atoms with Crippen molar-refractivity contribution in [1.29, 1.82) is 0 Å². The molecule has 0 aromatic carbocycles. The van der Waals surface area contributed by atoms with Crippen LogP contribution in [0.5, 0.6) is 0 Å². The van der Waals surface area contributed by atoms with E-state index in [0.29, 0.717) is 0 Å². The Hall–Kier alpha value is -0.990. The predicted molar refractivity (Wildman–Crippen MR) is 45.8 cm³/mol. The zero-order valence-electron chi connectivity index (χ0n) is 7.37. The van der Waals surface area contributed by atoms with E-state index in [1.807, 2.05) is 13.8 Å². The highest BCUT2D eigenvalue weighted by atomic mass is 16.1. The van der Waals surface area contributed by atoms with Crippen LogP contribution in [0.25, 0.3) is 0 Å². The summed E-state index contributed by atoms with van der Waals surface area (Å²) in [5.41, 5.74) is 5.19. The Morgan fingerprint density at radius 1 is 1.64 bits per heavy atom. The van der Waals surface area contributed by atoms with E-state index in [0.717, 1.165) is 0 Å². The lowest BCUT2D eigenvalue weighted by atomic mass is 10.0. The molecule has 1 atom stereocenters. The summed E-state index contributed by atoms with van der Waals surface area (Å²) < 4.78 is 0. The molecule has 0 heterocycles. The SMILES string of the molecule is C=CN(C)C(C(N)=O)C(C)C. The molecule has 0 fully saturated rings. The van der Waals surface area contributed by atoms with Crippen molar-refractivity contribution < 1.29 is 4.79 Å². The number of carbonyl (C=O) groups excluding carboxylic acids is 1. The molecule has 0 aliphatic heterocycles. The summed E-state index contributed by atoms with van der Waals surface area (Å²) in [6.07, 6.45) is 1.61. The van der Waals surface area contributed by atoms with Crippen molar-refractivity contribution in [2.45, 2.75) is 19.9 Å². The average Bonchev–Trinajstić information content (AvgIpc) is 1.85. The molecule has 0 bridgehead atoms. The van der Waals surface area contributed by atoms with Gasteiger partial charge in [-0.1, -0.05) is 20.4 Å². The van der Waals surface area contributed by atoms with Gasteiger partial charge in [-0.15, -0.1) is 0 Å². The monoisotopic (exact) mass is 156 g/mol. The molecule has 1 amide bonds. The molecule has 3 nitrogen and oxygen atoms in total. The van der Waals surface area contributed by atoms with E-state index >= 15 is 0 Å². The zero-order valence-corrected chi connectivity index (χ0v) is 7.37. The first-order valence-corrected chi connectivity index (χ1v) is 3.64. The lowest BCUT2D eigenvalue weighted by Crippen LogP contribution is -2.43. The molecular formula is C8H16N2O. The molecule has 11 heavy (non-hydrogen) atoms. The molecule has 0 spiro atoms. The van der Waals surface area contributed by atoms with Gasteiger partial charge in [-0.2, -0.15) is 0 Å². The van der Waals surface area contributed by atoms with Gasteiger partial charge in [0.25, 0.3) is 0 Å². The lowest BCUT2D eigenvalue weighted by molar-refractivity contribution is -0.123. The van der Waals surface area contributed by atoms with Gasteiger partial charge in [0.2, 0.25) is 5.91 Å². The first kappa shape index (κ1) is 10.0. The van der Waals surface area contributed by atoms with Gasteiger partial charge in [0.05, 0.1) is 0 Å². The minimum Gasteiger partial charge on any atom is -0.369 e. The fourth-order valence-electron chi connectivity index (χ4n) is 1.11. The third-order valence-electron chi connectivity index (χ3n) is 1.65. The predicted octanol–water partition coefficient (Wildman–Crippen LogP) is 0.572. The topological polar surface area (TPSA) is 46.3 Å². The second kappa shape index (κ2) is 4.01. The van der Waals surface area contributed by atoms with Crippen molar-refractivity contribution in [3.8, 4) is 0 Å². The molecule has 0 aromatic heterocycles. The number of carbonyl (C=O) groups is 1. The normalized spacial score (nSPS) is 12.7. The highest BCUT2D eigenvalue weighted by molar-refractivity contribution is 5.80. The molecule has 0 saturated heterocycles. The summed E-state index contributed by atoms with van der Waals surface area (Å²) in [6.45, 7) is 7.47. The van der Waals surface area contributed by atoms with E-state index in [-0.39, 0.29) is 17.9 Å². The smallest absolute Gasteiger partial charge is 0.240 e. The van der Waals surface area contributed by atoms with Gasteiger partial charge in [0.15, 0.2) is 0 Å². The Bertz CT molecular complexity index is 154. The van der Waals surface area contributed by atoms with Crippen molar-refractivity contribution in [2.75, 3.05) is 7.05 Å². The third kappa shape index (κ3) is 2.62. The largest absolute Gasteiger partial charge is 0.369 e. The number of likely N-dealkylation sites (N-methyl/N-ethyl adjacent to an activating group) is 1. The van der Waals surface area contributed by atoms with Gasteiger partial charge in [-0.25, -0.2) is 0 Å². The minimum absolute atomic E-state index is 0.218. The fraction of sp³-hybridized carbons (Fsp3) is 0.625. The van der Waals surface area contributed by atoms with Crippen molar-refractivity contribution in [3.63, 3.8) is 0 Å². The van der Waals surface area contributed by atoms with Crippen LogP contribution in [0, 0.1) is 5.92 Å². The van der Waals surface area contributed by atoms with Crippen LogP contribution in [0.1, 0.15) is 13.8 Å². The molecule has 0 aromatic rings. The number of hydrogen-bond donors (Lipinski definition) is 1. The van der Waals surface area contributed by atoms with Crippen LogP contribution in [0.3, 0.4) is 0 Å². The fourth-order valence-corrected chi connectivity index (χ4v) is 1.11. The molecule has 3 heteroatoms. The Kier molecular flexibility index (Phi) is 3.65. The summed E-state index contributed by atoms with van der Waals surface area (Å²) >= 11 is 0. The van der Waals surface area contributed by atoms with Gasteiger partial charge < -0.3 is 10.6 Å². The lowest BCUT2D eigenvalue weighted by Gasteiger charge is -2.26. The molecule has 0 aliphatic rings. The first-order chi connectivity index (χ1) is 5.00. The number of nitrogens with zero attached hydrogens (tertiary/aromatic N) is 1. The van der Waals surface area contributed by atoms with Crippen molar-refractivity contribution >= 4 is 5.91 Å². The van der Waals surface area contributed by atoms with Crippen molar-refractivity contribution in [1.82, 2.24) is 4.90 Å². The highest BCUT2D eigenvalue weighted by Crippen LogP contribution is 2.07. The number of primary amides is 1.